The first-order chi connectivity index (χ1) is 14.1. The number of halogens is 1. The van der Waals surface area contributed by atoms with E-state index >= 15 is 0 Å². The number of hydrogen-bond acceptors (Lipinski definition) is 8. The molecule has 0 heterocycles. The van der Waals surface area contributed by atoms with E-state index in [1.54, 1.807) is 52.0 Å². The third-order valence-electron chi connectivity index (χ3n) is 4.33. The quantitative estimate of drug-likeness (QED) is 0.359. The van der Waals surface area contributed by atoms with Crippen molar-refractivity contribution < 1.29 is 32.0 Å². The highest BCUT2D eigenvalue weighted by atomic mass is 35.5. The van der Waals surface area contributed by atoms with Crippen LogP contribution < -0.4 is 5.73 Å². The molecule has 1 aromatic rings. The molecule has 0 aromatic heterocycles. The van der Waals surface area contributed by atoms with Crippen molar-refractivity contribution >= 4 is 32.6 Å². The summed E-state index contributed by atoms with van der Waals surface area (Å²) in [5, 5.41) is -1.23. The molecule has 0 aliphatic heterocycles. The number of nitrogens with two attached hydrogens (primary N) is 1. The third kappa shape index (κ3) is 6.47. The van der Waals surface area contributed by atoms with Crippen molar-refractivity contribution in [3.63, 3.8) is 0 Å². The van der Waals surface area contributed by atoms with E-state index in [2.05, 4.69) is 0 Å². The molecule has 0 amide bonds. The minimum Gasteiger partial charge on any atom is -0.321 e. The SMILES string of the molecule is CCOP(=O)(OCC)C([C@H](c1ccccc1Cl)[C@H](N)C(C)=O)P(=O)(OCC)OCC. The highest BCUT2D eigenvalue weighted by Gasteiger charge is 2.57. The highest BCUT2D eigenvalue weighted by molar-refractivity contribution is 7.72. The number of carbonyl (C=O) groups is 1. The van der Waals surface area contributed by atoms with Crippen LogP contribution >= 0.6 is 26.8 Å². The van der Waals surface area contributed by atoms with Gasteiger partial charge in [0.2, 0.25) is 0 Å². The Hall–Kier alpha value is -0.560. The standard InChI is InChI=1S/C19H32ClNO7P2/c1-6-25-29(23,26-7-2)19(30(24,27-8-3)28-9-4)17(18(21)14(5)22)15-12-10-11-13-16(15)20/h10-13,17-19H,6-9,21H2,1-5H3/t17-,18-/m1/s1. The molecule has 11 heteroatoms. The van der Waals surface area contributed by atoms with Crippen molar-refractivity contribution in [1.29, 1.82) is 0 Å². The van der Waals surface area contributed by atoms with Crippen molar-refractivity contribution in [2.45, 2.75) is 52.0 Å². The number of ketones is 1. The summed E-state index contributed by atoms with van der Waals surface area (Å²) in [5.41, 5.74) is 6.65. The Bertz CT molecular complexity index is 742. The van der Waals surface area contributed by atoms with Gasteiger partial charge >= 0.3 is 15.2 Å². The van der Waals surface area contributed by atoms with Gasteiger partial charge in [0.05, 0.1) is 32.5 Å². The Labute approximate surface area is 183 Å². The third-order valence-corrected chi connectivity index (χ3v) is 10.8. The van der Waals surface area contributed by atoms with Gasteiger partial charge in [0.1, 0.15) is 5.78 Å². The van der Waals surface area contributed by atoms with Crippen LogP contribution in [0.1, 0.15) is 46.1 Å². The molecule has 0 aliphatic carbocycles. The molecule has 0 fully saturated rings. The zero-order valence-electron chi connectivity index (χ0n) is 18.1. The molecule has 0 saturated carbocycles. The van der Waals surface area contributed by atoms with Gasteiger partial charge < -0.3 is 23.8 Å². The second kappa shape index (κ2) is 12.5. The van der Waals surface area contributed by atoms with Crippen molar-refractivity contribution in [1.82, 2.24) is 0 Å². The van der Waals surface area contributed by atoms with Crippen LogP contribution in [-0.2, 0) is 32.0 Å². The minimum absolute atomic E-state index is 0.0105. The Balaban J connectivity index is 3.92. The smallest absolute Gasteiger partial charge is 0.321 e. The molecule has 1 aromatic carbocycles. The van der Waals surface area contributed by atoms with Gasteiger partial charge in [-0.3, -0.25) is 13.9 Å². The monoisotopic (exact) mass is 483 g/mol. The first-order valence-corrected chi connectivity index (χ1v) is 13.5. The lowest BCUT2D eigenvalue weighted by atomic mass is 9.91. The van der Waals surface area contributed by atoms with Gasteiger partial charge in [-0.1, -0.05) is 29.8 Å². The van der Waals surface area contributed by atoms with Crippen LogP contribution in [0.3, 0.4) is 0 Å². The average Bonchev–Trinajstić information content (AvgIpc) is 2.66. The molecule has 0 unspecified atom stereocenters. The molecular formula is C19H32ClNO7P2. The number of hydrogen-bond donors (Lipinski definition) is 1. The van der Waals surface area contributed by atoms with Crippen LogP contribution in [0.2, 0.25) is 5.02 Å². The fourth-order valence-corrected chi connectivity index (χ4v) is 9.33. The van der Waals surface area contributed by atoms with E-state index in [9.17, 15) is 13.9 Å². The number of rotatable bonds is 14. The molecule has 2 N–H and O–H groups in total. The van der Waals surface area contributed by atoms with Crippen LogP contribution in [0.25, 0.3) is 0 Å². The van der Waals surface area contributed by atoms with Crippen LogP contribution in [-0.4, -0.2) is 43.7 Å². The summed E-state index contributed by atoms with van der Waals surface area (Å²) in [4.78, 5) is 12.3. The molecule has 0 aliphatic rings. The number of carbonyl (C=O) groups excluding carboxylic acids is 1. The molecule has 8 nitrogen and oxygen atoms in total. The molecule has 172 valence electrons. The van der Waals surface area contributed by atoms with E-state index in [0.29, 0.717) is 5.56 Å². The number of benzene rings is 1. The van der Waals surface area contributed by atoms with Gasteiger partial charge in [-0.2, -0.15) is 0 Å². The van der Waals surface area contributed by atoms with Crippen molar-refractivity contribution in [3.8, 4) is 0 Å². The molecule has 30 heavy (non-hydrogen) atoms. The Morgan fingerprint density at radius 3 is 1.67 bits per heavy atom. The molecule has 0 saturated heterocycles. The summed E-state index contributed by atoms with van der Waals surface area (Å²) >= 11 is 6.41. The molecule has 0 radical (unpaired) electrons. The van der Waals surface area contributed by atoms with Gasteiger partial charge in [0.25, 0.3) is 0 Å². The zero-order chi connectivity index (χ0) is 22.9. The largest absolute Gasteiger partial charge is 0.346 e. The topological polar surface area (TPSA) is 114 Å². The Morgan fingerprint density at radius 1 is 0.933 bits per heavy atom. The van der Waals surface area contributed by atoms with Crippen LogP contribution in [0, 0.1) is 0 Å². The van der Waals surface area contributed by atoms with Crippen molar-refractivity contribution in [2.24, 2.45) is 5.73 Å². The normalized spacial score (nSPS) is 14.7. The van der Waals surface area contributed by atoms with Gasteiger partial charge in [0, 0.05) is 10.9 Å². The van der Waals surface area contributed by atoms with E-state index in [1.165, 1.54) is 6.92 Å². The lowest BCUT2D eigenvalue weighted by Crippen LogP contribution is -2.42. The lowest BCUT2D eigenvalue weighted by Gasteiger charge is -2.38. The summed E-state index contributed by atoms with van der Waals surface area (Å²) in [6.07, 6.45) is 0. The predicted octanol–water partition coefficient (Wildman–Crippen LogP) is 5.20. The molecule has 1 rings (SSSR count). The highest BCUT2D eigenvalue weighted by Crippen LogP contribution is 2.74. The van der Waals surface area contributed by atoms with Crippen LogP contribution in [0.15, 0.2) is 24.3 Å². The summed E-state index contributed by atoms with van der Waals surface area (Å²) in [7, 11) is -8.30. The van der Waals surface area contributed by atoms with Gasteiger partial charge in [0.15, 0.2) is 5.40 Å². The average molecular weight is 484 g/mol. The van der Waals surface area contributed by atoms with E-state index in [0.717, 1.165) is 0 Å². The van der Waals surface area contributed by atoms with E-state index in [4.69, 9.17) is 35.4 Å². The summed E-state index contributed by atoms with van der Waals surface area (Å²) in [6.45, 7) is 7.86. The summed E-state index contributed by atoms with van der Waals surface area (Å²) in [5.74, 6) is -1.52. The fraction of sp³-hybridized carbons (Fsp3) is 0.632. The maximum atomic E-state index is 14.0. The Kier molecular flexibility index (Phi) is 11.4. The molecular weight excluding hydrogens is 452 g/mol. The van der Waals surface area contributed by atoms with E-state index < -0.39 is 38.3 Å². The first kappa shape index (κ1) is 27.5. The zero-order valence-corrected chi connectivity index (χ0v) is 20.6. The van der Waals surface area contributed by atoms with Gasteiger partial charge in [-0.05, 0) is 46.2 Å². The maximum Gasteiger partial charge on any atom is 0.346 e. The molecule has 0 bridgehead atoms. The fourth-order valence-electron chi connectivity index (χ4n) is 3.20. The van der Waals surface area contributed by atoms with E-state index in [-0.39, 0.29) is 31.5 Å². The van der Waals surface area contributed by atoms with Crippen molar-refractivity contribution in [3.05, 3.63) is 34.9 Å². The van der Waals surface area contributed by atoms with Crippen LogP contribution in [0.5, 0.6) is 0 Å². The van der Waals surface area contributed by atoms with E-state index in [1.807, 2.05) is 0 Å². The Morgan fingerprint density at radius 2 is 1.33 bits per heavy atom. The van der Waals surface area contributed by atoms with Gasteiger partial charge in [-0.25, -0.2) is 0 Å². The summed E-state index contributed by atoms with van der Waals surface area (Å²) < 4.78 is 50.1. The maximum absolute atomic E-state index is 14.0. The van der Waals surface area contributed by atoms with Crippen molar-refractivity contribution in [2.75, 3.05) is 26.4 Å². The first-order valence-electron chi connectivity index (χ1n) is 9.89. The number of Topliss-reactive ketones (excluding diaryl/α,β-unsaturated/α-hetero) is 1. The lowest BCUT2D eigenvalue weighted by molar-refractivity contribution is -0.118. The van der Waals surface area contributed by atoms with Gasteiger partial charge in [-0.15, -0.1) is 0 Å². The molecule has 2 atom stereocenters. The second-order valence-corrected chi connectivity index (χ2v) is 11.5. The minimum atomic E-state index is -4.15. The molecule has 0 spiro atoms. The summed E-state index contributed by atoms with van der Waals surface area (Å²) in [6, 6.07) is 5.42. The second-order valence-electron chi connectivity index (χ2n) is 6.35. The predicted molar refractivity (Wildman–Crippen MR) is 118 cm³/mol. The van der Waals surface area contributed by atoms with Crippen LogP contribution in [0.4, 0.5) is 0 Å².